The van der Waals surface area contributed by atoms with Crippen LogP contribution in [0.1, 0.15) is 5.56 Å². The SMILES string of the molecule is C=C1C(=C)C2(c3ccc(OC)cc3)OC1C(C(=O)OC)=C2C(=O)OC. The molecule has 0 aromatic heterocycles. The molecule has 1 saturated heterocycles. The van der Waals surface area contributed by atoms with E-state index in [9.17, 15) is 9.59 Å². The summed E-state index contributed by atoms with van der Waals surface area (Å²) < 4.78 is 21.0. The van der Waals surface area contributed by atoms with E-state index in [2.05, 4.69) is 13.2 Å². The molecular formula is C19H18O6. The van der Waals surface area contributed by atoms with Gasteiger partial charge in [-0.3, -0.25) is 0 Å². The summed E-state index contributed by atoms with van der Waals surface area (Å²) >= 11 is 0. The molecule has 25 heavy (non-hydrogen) atoms. The molecule has 1 aromatic rings. The van der Waals surface area contributed by atoms with Crippen molar-refractivity contribution in [1.82, 2.24) is 0 Å². The third kappa shape index (κ3) is 2.14. The Morgan fingerprint density at radius 2 is 1.64 bits per heavy atom. The number of esters is 2. The number of hydrogen-bond acceptors (Lipinski definition) is 6. The van der Waals surface area contributed by atoms with Crippen LogP contribution in [0.25, 0.3) is 0 Å². The van der Waals surface area contributed by atoms with Gasteiger partial charge in [0.1, 0.15) is 11.9 Å². The van der Waals surface area contributed by atoms with Crippen LogP contribution >= 0.6 is 0 Å². The van der Waals surface area contributed by atoms with Crippen LogP contribution in [0.3, 0.4) is 0 Å². The number of carbonyl (C=O) groups is 2. The van der Waals surface area contributed by atoms with Gasteiger partial charge in [0.15, 0.2) is 5.60 Å². The maximum atomic E-state index is 12.5. The molecule has 2 aliphatic rings. The van der Waals surface area contributed by atoms with Gasteiger partial charge in [-0.1, -0.05) is 25.3 Å². The molecule has 0 amide bonds. The van der Waals surface area contributed by atoms with Crippen molar-refractivity contribution in [3.05, 3.63) is 65.3 Å². The molecule has 2 atom stereocenters. The second kappa shape index (κ2) is 5.89. The van der Waals surface area contributed by atoms with Gasteiger partial charge in [-0.05, 0) is 28.8 Å². The predicted octanol–water partition coefficient (Wildman–Crippen LogP) is 2.06. The number of carbonyl (C=O) groups excluding carboxylic acids is 2. The van der Waals surface area contributed by atoms with Crippen LogP contribution in [0.5, 0.6) is 5.75 Å². The first-order chi connectivity index (χ1) is 11.9. The van der Waals surface area contributed by atoms with E-state index < -0.39 is 23.6 Å². The molecule has 1 fully saturated rings. The van der Waals surface area contributed by atoms with Gasteiger partial charge >= 0.3 is 11.9 Å². The molecule has 0 N–H and O–H groups in total. The summed E-state index contributed by atoms with van der Waals surface area (Å²) in [4.78, 5) is 24.8. The highest BCUT2D eigenvalue weighted by molar-refractivity contribution is 6.06. The summed E-state index contributed by atoms with van der Waals surface area (Å²) in [6.07, 6.45) is -0.795. The molecule has 2 aliphatic heterocycles. The maximum absolute atomic E-state index is 12.5. The largest absolute Gasteiger partial charge is 0.497 e. The summed E-state index contributed by atoms with van der Waals surface area (Å²) in [5.41, 5.74) is 0.516. The molecule has 1 aromatic carbocycles. The normalized spacial score (nSPS) is 24.5. The Kier molecular flexibility index (Phi) is 4.00. The van der Waals surface area contributed by atoms with Crippen molar-refractivity contribution in [2.45, 2.75) is 11.7 Å². The van der Waals surface area contributed by atoms with Crippen molar-refractivity contribution in [1.29, 1.82) is 0 Å². The van der Waals surface area contributed by atoms with Gasteiger partial charge in [-0.25, -0.2) is 9.59 Å². The van der Waals surface area contributed by atoms with Crippen LogP contribution in [0, 0.1) is 0 Å². The number of fused-ring (bicyclic) bond motifs is 2. The lowest BCUT2D eigenvalue weighted by molar-refractivity contribution is -0.139. The lowest BCUT2D eigenvalue weighted by atomic mass is 9.73. The van der Waals surface area contributed by atoms with Gasteiger partial charge in [-0.2, -0.15) is 0 Å². The van der Waals surface area contributed by atoms with E-state index in [-0.39, 0.29) is 11.1 Å². The van der Waals surface area contributed by atoms with Crippen LogP contribution < -0.4 is 4.74 Å². The monoisotopic (exact) mass is 342 g/mol. The van der Waals surface area contributed by atoms with Crippen molar-refractivity contribution < 1.29 is 28.5 Å². The smallest absolute Gasteiger partial charge is 0.338 e. The zero-order valence-corrected chi connectivity index (χ0v) is 14.3. The van der Waals surface area contributed by atoms with Gasteiger partial charge in [-0.15, -0.1) is 0 Å². The van der Waals surface area contributed by atoms with Crippen molar-refractivity contribution in [2.75, 3.05) is 21.3 Å². The number of methoxy groups -OCH3 is 3. The minimum Gasteiger partial charge on any atom is -0.497 e. The van der Waals surface area contributed by atoms with E-state index in [1.54, 1.807) is 31.4 Å². The first-order valence-corrected chi connectivity index (χ1v) is 7.54. The minimum absolute atomic E-state index is 0.0782. The van der Waals surface area contributed by atoms with Gasteiger partial charge in [0.25, 0.3) is 0 Å². The van der Waals surface area contributed by atoms with Gasteiger partial charge in [0, 0.05) is 0 Å². The fraction of sp³-hybridized carbons (Fsp3) is 0.263. The quantitative estimate of drug-likeness (QED) is 0.780. The molecule has 3 rings (SSSR count). The van der Waals surface area contributed by atoms with Crippen LogP contribution in [0.4, 0.5) is 0 Å². The van der Waals surface area contributed by atoms with Gasteiger partial charge in [0.2, 0.25) is 0 Å². The van der Waals surface area contributed by atoms with Crippen molar-refractivity contribution >= 4 is 11.9 Å². The summed E-state index contributed by atoms with van der Waals surface area (Å²) in [7, 11) is 4.05. The summed E-state index contributed by atoms with van der Waals surface area (Å²) in [5, 5.41) is 0. The molecule has 0 spiro atoms. The number of rotatable bonds is 4. The number of benzene rings is 1. The molecular weight excluding hydrogens is 324 g/mol. The fourth-order valence-electron chi connectivity index (χ4n) is 3.35. The Labute approximate surface area is 145 Å². The molecule has 130 valence electrons. The molecule has 2 bridgehead atoms. The lowest BCUT2D eigenvalue weighted by Gasteiger charge is -2.30. The highest BCUT2D eigenvalue weighted by Gasteiger charge is 2.62. The number of hydrogen-bond donors (Lipinski definition) is 0. The highest BCUT2D eigenvalue weighted by Crippen LogP contribution is 2.58. The van der Waals surface area contributed by atoms with E-state index in [1.807, 2.05) is 0 Å². The predicted molar refractivity (Wildman–Crippen MR) is 88.9 cm³/mol. The summed E-state index contributed by atoms with van der Waals surface area (Å²) in [6.45, 7) is 8.01. The third-order valence-corrected chi connectivity index (χ3v) is 4.60. The van der Waals surface area contributed by atoms with E-state index in [0.29, 0.717) is 22.5 Å². The second-order valence-corrected chi connectivity index (χ2v) is 5.68. The minimum atomic E-state index is -1.33. The van der Waals surface area contributed by atoms with Crippen molar-refractivity contribution in [3.8, 4) is 5.75 Å². The molecule has 0 saturated carbocycles. The maximum Gasteiger partial charge on any atom is 0.338 e. The Balaban J connectivity index is 2.28. The highest BCUT2D eigenvalue weighted by atomic mass is 16.6. The molecule has 0 aliphatic carbocycles. The fourth-order valence-corrected chi connectivity index (χ4v) is 3.35. The van der Waals surface area contributed by atoms with E-state index in [1.165, 1.54) is 14.2 Å². The summed E-state index contributed by atoms with van der Waals surface area (Å²) in [6, 6.07) is 6.98. The van der Waals surface area contributed by atoms with Crippen molar-refractivity contribution in [2.24, 2.45) is 0 Å². The van der Waals surface area contributed by atoms with Crippen molar-refractivity contribution in [3.63, 3.8) is 0 Å². The molecule has 2 heterocycles. The Morgan fingerprint density at radius 1 is 1.04 bits per heavy atom. The molecule has 0 radical (unpaired) electrons. The first kappa shape index (κ1) is 17.0. The second-order valence-electron chi connectivity index (χ2n) is 5.68. The lowest BCUT2D eigenvalue weighted by Crippen LogP contribution is -2.34. The molecule has 6 nitrogen and oxygen atoms in total. The standard InChI is InChI=1S/C19H18O6/c1-10-11(2)19(12-6-8-13(22-3)9-7-12)15(18(21)24-5)14(16(10)25-19)17(20)23-4/h6-9,16H,1-2H2,3-5H3. The van der Waals surface area contributed by atoms with E-state index in [0.717, 1.165) is 0 Å². The van der Waals surface area contributed by atoms with E-state index >= 15 is 0 Å². The molecule has 6 heteroatoms. The van der Waals surface area contributed by atoms with Crippen LogP contribution in [0.15, 0.2) is 59.7 Å². The third-order valence-electron chi connectivity index (χ3n) is 4.60. The van der Waals surface area contributed by atoms with E-state index in [4.69, 9.17) is 18.9 Å². The first-order valence-electron chi connectivity index (χ1n) is 7.54. The Hall–Kier alpha value is -2.86. The Bertz CT molecular complexity index is 817. The molecule has 2 unspecified atom stereocenters. The van der Waals surface area contributed by atoms with Gasteiger partial charge < -0.3 is 18.9 Å². The van der Waals surface area contributed by atoms with Crippen LogP contribution in [0.2, 0.25) is 0 Å². The van der Waals surface area contributed by atoms with Crippen LogP contribution in [-0.2, 0) is 29.4 Å². The average Bonchev–Trinajstić information content (AvgIpc) is 3.13. The van der Waals surface area contributed by atoms with Gasteiger partial charge in [0.05, 0.1) is 32.5 Å². The topological polar surface area (TPSA) is 71.1 Å². The zero-order chi connectivity index (χ0) is 18.4. The van der Waals surface area contributed by atoms with Crippen LogP contribution in [-0.4, -0.2) is 39.4 Å². The zero-order valence-electron chi connectivity index (χ0n) is 14.3. The number of ether oxygens (including phenoxy) is 4. The average molecular weight is 342 g/mol. The Morgan fingerprint density at radius 3 is 2.16 bits per heavy atom. The summed E-state index contributed by atoms with van der Waals surface area (Å²) in [5.74, 6) is -0.685.